The molecule has 0 amide bonds. The Labute approximate surface area is 97.9 Å². The van der Waals surface area contributed by atoms with Crippen molar-refractivity contribution < 1.29 is 4.55 Å². The van der Waals surface area contributed by atoms with Gasteiger partial charge in [-0.2, -0.15) is 0 Å². The van der Waals surface area contributed by atoms with Crippen molar-refractivity contribution in [1.82, 2.24) is 4.98 Å². The van der Waals surface area contributed by atoms with Gasteiger partial charge in [-0.25, -0.2) is 4.98 Å². The molecule has 1 rings (SSSR count). The first kappa shape index (κ1) is 12.5. The first-order chi connectivity index (χ1) is 6.89. The van der Waals surface area contributed by atoms with E-state index in [1.807, 2.05) is 20.8 Å². The predicted octanol–water partition coefficient (Wildman–Crippen LogP) is 2.62. The second-order valence-corrected chi connectivity index (χ2v) is 6.33. The van der Waals surface area contributed by atoms with Crippen LogP contribution >= 0.6 is 11.6 Å². The topological polar surface area (TPSA) is 48.3 Å². The fraction of sp³-hybridized carbons (Fsp3) is 0.400. The fourth-order valence-electron chi connectivity index (χ4n) is 0.765. The predicted molar refractivity (Wildman–Crippen MR) is 64.7 cm³/mol. The number of pyridine rings is 1. The van der Waals surface area contributed by atoms with Crippen molar-refractivity contribution in [2.75, 3.05) is 0 Å². The highest BCUT2D eigenvalue weighted by Crippen LogP contribution is 2.17. The van der Waals surface area contributed by atoms with Crippen LogP contribution in [-0.4, -0.2) is 20.5 Å². The number of halogens is 1. The van der Waals surface area contributed by atoms with E-state index in [2.05, 4.69) is 9.38 Å². The van der Waals surface area contributed by atoms with Crippen LogP contribution < -0.4 is 0 Å². The molecule has 1 aromatic rings. The lowest BCUT2D eigenvalue weighted by molar-refractivity contribution is 0.562. The lowest BCUT2D eigenvalue weighted by atomic mass is 10.3. The standard InChI is InChI=1S/C10H13ClN2OS/c1-10(2,3)15(14)13-7-8-4-5-12-9(11)6-8/h4-7H,1-3H3/b13-7+. The number of hydrogen-bond acceptors (Lipinski definition) is 3. The van der Waals surface area contributed by atoms with Crippen LogP contribution in [0.5, 0.6) is 0 Å². The zero-order valence-corrected chi connectivity index (χ0v) is 10.5. The highest BCUT2D eigenvalue weighted by molar-refractivity contribution is 7.91. The van der Waals surface area contributed by atoms with Crippen molar-refractivity contribution in [1.29, 1.82) is 0 Å². The van der Waals surface area contributed by atoms with Gasteiger partial charge in [-0.15, -0.1) is 0 Å². The zero-order chi connectivity index (χ0) is 11.5. The summed E-state index contributed by atoms with van der Waals surface area (Å²) in [4.78, 5) is 3.84. The molecule has 0 aliphatic carbocycles. The molecule has 1 heterocycles. The first-order valence-electron chi connectivity index (χ1n) is 4.47. The molecule has 0 fully saturated rings. The van der Waals surface area contributed by atoms with Crippen molar-refractivity contribution in [3.8, 4) is 0 Å². The minimum Gasteiger partial charge on any atom is -0.591 e. The van der Waals surface area contributed by atoms with E-state index in [-0.39, 0.29) is 4.75 Å². The summed E-state index contributed by atoms with van der Waals surface area (Å²) < 4.78 is 15.2. The van der Waals surface area contributed by atoms with Gasteiger partial charge in [-0.1, -0.05) is 16.0 Å². The highest BCUT2D eigenvalue weighted by Gasteiger charge is 2.25. The van der Waals surface area contributed by atoms with E-state index >= 15 is 0 Å². The van der Waals surface area contributed by atoms with Gasteiger partial charge in [-0.3, -0.25) is 0 Å². The van der Waals surface area contributed by atoms with Crippen molar-refractivity contribution >= 4 is 29.2 Å². The molecule has 0 aromatic carbocycles. The van der Waals surface area contributed by atoms with Crippen LogP contribution in [0.4, 0.5) is 0 Å². The Kier molecular flexibility index (Phi) is 4.13. The molecule has 5 heteroatoms. The Morgan fingerprint density at radius 1 is 1.53 bits per heavy atom. The molecule has 0 saturated carbocycles. The summed E-state index contributed by atoms with van der Waals surface area (Å²) in [5.41, 5.74) is 0.799. The lowest BCUT2D eigenvalue weighted by Crippen LogP contribution is -2.25. The van der Waals surface area contributed by atoms with E-state index in [0.717, 1.165) is 5.56 Å². The Morgan fingerprint density at radius 3 is 2.73 bits per heavy atom. The number of hydrogen-bond donors (Lipinski definition) is 0. The smallest absolute Gasteiger partial charge is 0.144 e. The summed E-state index contributed by atoms with van der Waals surface area (Å²) in [6.45, 7) is 5.62. The van der Waals surface area contributed by atoms with Crippen LogP contribution in [0, 0.1) is 0 Å². The Balaban J connectivity index is 2.74. The molecular formula is C10H13ClN2OS. The van der Waals surface area contributed by atoms with Crippen molar-refractivity contribution in [2.24, 2.45) is 4.40 Å². The molecule has 0 aliphatic rings. The maximum absolute atomic E-state index is 11.6. The van der Waals surface area contributed by atoms with Crippen LogP contribution in [0.3, 0.4) is 0 Å². The normalized spacial score (nSPS) is 14.5. The van der Waals surface area contributed by atoms with E-state index in [1.165, 1.54) is 0 Å². The van der Waals surface area contributed by atoms with Gasteiger partial charge in [0.05, 0.1) is 6.21 Å². The molecular weight excluding hydrogens is 232 g/mol. The summed E-state index contributed by atoms with van der Waals surface area (Å²) >= 11 is 4.46. The molecule has 0 saturated heterocycles. The summed E-state index contributed by atoms with van der Waals surface area (Å²) in [7, 11) is 0. The average Bonchev–Trinajstić information content (AvgIpc) is 2.12. The van der Waals surface area contributed by atoms with E-state index in [1.54, 1.807) is 24.5 Å². The summed E-state index contributed by atoms with van der Waals surface area (Å²) in [6.07, 6.45) is 3.14. The van der Waals surface area contributed by atoms with E-state index in [9.17, 15) is 4.55 Å². The van der Waals surface area contributed by atoms with Gasteiger partial charge in [0.2, 0.25) is 0 Å². The van der Waals surface area contributed by atoms with Crippen molar-refractivity contribution in [2.45, 2.75) is 25.5 Å². The number of rotatable bonds is 2. The molecule has 0 N–H and O–H groups in total. The van der Waals surface area contributed by atoms with Gasteiger partial charge in [0, 0.05) is 11.8 Å². The van der Waals surface area contributed by atoms with E-state index in [4.69, 9.17) is 11.6 Å². The maximum atomic E-state index is 11.6. The molecule has 0 bridgehead atoms. The highest BCUT2D eigenvalue weighted by atomic mass is 35.5. The van der Waals surface area contributed by atoms with Crippen LogP contribution in [0.15, 0.2) is 22.7 Å². The van der Waals surface area contributed by atoms with Gasteiger partial charge in [0.25, 0.3) is 0 Å². The SMILES string of the molecule is CC(C)(C)[S+]([O-])/N=C/c1ccnc(Cl)c1. The quantitative estimate of drug-likeness (QED) is 0.456. The Bertz CT molecular complexity index is 363. The average molecular weight is 245 g/mol. The Morgan fingerprint density at radius 2 is 2.20 bits per heavy atom. The summed E-state index contributed by atoms with van der Waals surface area (Å²) in [6, 6.07) is 3.43. The van der Waals surface area contributed by atoms with Gasteiger partial charge in [-0.05, 0) is 32.9 Å². The van der Waals surface area contributed by atoms with Crippen molar-refractivity contribution in [3.63, 3.8) is 0 Å². The minimum atomic E-state index is -1.24. The lowest BCUT2D eigenvalue weighted by Gasteiger charge is -2.17. The van der Waals surface area contributed by atoms with Crippen LogP contribution in [0.25, 0.3) is 0 Å². The number of nitrogens with zero attached hydrogens (tertiary/aromatic N) is 2. The molecule has 0 spiro atoms. The van der Waals surface area contributed by atoms with Crippen LogP contribution in [-0.2, 0) is 11.4 Å². The molecule has 0 radical (unpaired) electrons. The molecule has 0 aliphatic heterocycles. The second-order valence-electron chi connectivity index (χ2n) is 4.01. The monoisotopic (exact) mass is 244 g/mol. The first-order valence-corrected chi connectivity index (χ1v) is 5.96. The van der Waals surface area contributed by atoms with Gasteiger partial charge < -0.3 is 4.55 Å². The molecule has 15 heavy (non-hydrogen) atoms. The van der Waals surface area contributed by atoms with Crippen LogP contribution in [0.2, 0.25) is 5.15 Å². The third-order valence-corrected chi connectivity index (χ3v) is 3.12. The fourth-order valence-corrected chi connectivity index (χ4v) is 1.48. The van der Waals surface area contributed by atoms with Gasteiger partial charge in [0.15, 0.2) is 0 Å². The summed E-state index contributed by atoms with van der Waals surface area (Å²) in [5.74, 6) is 0. The molecule has 1 atom stereocenters. The maximum Gasteiger partial charge on any atom is 0.144 e. The second kappa shape index (κ2) is 4.96. The minimum absolute atomic E-state index is 0.340. The van der Waals surface area contributed by atoms with E-state index < -0.39 is 11.4 Å². The molecule has 3 nitrogen and oxygen atoms in total. The van der Waals surface area contributed by atoms with Crippen molar-refractivity contribution in [3.05, 3.63) is 29.0 Å². The molecule has 82 valence electrons. The third-order valence-electron chi connectivity index (χ3n) is 1.57. The molecule has 1 aromatic heterocycles. The Hall–Kier alpha value is -0.580. The van der Waals surface area contributed by atoms with Crippen LogP contribution in [0.1, 0.15) is 26.3 Å². The van der Waals surface area contributed by atoms with Gasteiger partial charge >= 0.3 is 0 Å². The number of aromatic nitrogens is 1. The third kappa shape index (κ3) is 4.20. The summed E-state index contributed by atoms with van der Waals surface area (Å²) in [5, 5.41) is 0.403. The van der Waals surface area contributed by atoms with Gasteiger partial charge in [0.1, 0.15) is 21.3 Å². The largest absolute Gasteiger partial charge is 0.591 e. The van der Waals surface area contributed by atoms with E-state index in [0.29, 0.717) is 5.15 Å². The zero-order valence-electron chi connectivity index (χ0n) is 8.90. The molecule has 1 unspecified atom stereocenters.